The number of aromatic nitrogens is 1. The Bertz CT molecular complexity index is 308. The van der Waals surface area contributed by atoms with Crippen LogP contribution in [0.1, 0.15) is 44.0 Å². The molecule has 0 saturated carbocycles. The Hall–Kier alpha value is -0.930. The Balaban J connectivity index is 2.77. The Morgan fingerprint density at radius 3 is 2.59 bits per heavy atom. The van der Waals surface area contributed by atoms with E-state index in [2.05, 4.69) is 35.9 Å². The smallest absolute Gasteiger partial charge is 0.0485 e. The molecule has 0 aliphatic heterocycles. The third-order valence-electron chi connectivity index (χ3n) is 3.19. The fourth-order valence-electron chi connectivity index (χ4n) is 2.07. The molecule has 0 amide bonds. The number of nitrogens with zero attached hydrogens (tertiary/aromatic N) is 2. The van der Waals surface area contributed by atoms with Crippen molar-refractivity contribution in [3.8, 4) is 0 Å². The fourth-order valence-corrected chi connectivity index (χ4v) is 2.07. The summed E-state index contributed by atoms with van der Waals surface area (Å²) in [5.41, 5.74) is 8.21. The van der Waals surface area contributed by atoms with E-state index in [1.165, 1.54) is 18.4 Å². The van der Waals surface area contributed by atoms with Gasteiger partial charge in [-0.25, -0.2) is 0 Å². The lowest BCUT2D eigenvalue weighted by Crippen LogP contribution is -2.34. The Morgan fingerprint density at radius 1 is 1.35 bits per heavy atom. The maximum absolute atomic E-state index is 5.92. The van der Waals surface area contributed by atoms with Gasteiger partial charge < -0.3 is 5.73 Å². The predicted molar refractivity (Wildman–Crippen MR) is 72.9 cm³/mol. The zero-order valence-corrected chi connectivity index (χ0v) is 11.3. The second kappa shape index (κ2) is 7.41. The largest absolute Gasteiger partial charge is 0.329 e. The first-order chi connectivity index (χ1) is 8.22. The number of likely N-dealkylation sites (N-methyl/N-ethyl adjacent to an activating group) is 1. The third-order valence-corrected chi connectivity index (χ3v) is 3.19. The van der Waals surface area contributed by atoms with E-state index in [1.807, 2.05) is 13.1 Å². The van der Waals surface area contributed by atoms with Crippen molar-refractivity contribution >= 4 is 0 Å². The van der Waals surface area contributed by atoms with Gasteiger partial charge in [-0.15, -0.1) is 0 Å². The van der Waals surface area contributed by atoms with Gasteiger partial charge in [-0.1, -0.05) is 26.3 Å². The van der Waals surface area contributed by atoms with Crippen LogP contribution >= 0.6 is 0 Å². The zero-order valence-electron chi connectivity index (χ0n) is 11.3. The fraction of sp³-hybridized carbons (Fsp3) is 0.643. The van der Waals surface area contributed by atoms with Crippen LogP contribution in [0.25, 0.3) is 0 Å². The summed E-state index contributed by atoms with van der Waals surface area (Å²) in [7, 11) is 0. The minimum atomic E-state index is 0.305. The van der Waals surface area contributed by atoms with Crippen molar-refractivity contribution in [3.63, 3.8) is 0 Å². The van der Waals surface area contributed by atoms with E-state index in [0.717, 1.165) is 18.8 Å². The van der Waals surface area contributed by atoms with Crippen molar-refractivity contribution in [1.29, 1.82) is 0 Å². The van der Waals surface area contributed by atoms with Crippen LogP contribution in [0, 0.1) is 6.92 Å². The van der Waals surface area contributed by atoms with Crippen LogP contribution in [0.15, 0.2) is 18.3 Å². The van der Waals surface area contributed by atoms with Crippen LogP contribution in [0.4, 0.5) is 0 Å². The summed E-state index contributed by atoms with van der Waals surface area (Å²) < 4.78 is 0. The molecular formula is C14H25N3. The van der Waals surface area contributed by atoms with E-state index in [-0.39, 0.29) is 0 Å². The number of nitrogens with two attached hydrogens (primary N) is 1. The van der Waals surface area contributed by atoms with Crippen LogP contribution in [-0.4, -0.2) is 29.5 Å². The van der Waals surface area contributed by atoms with Crippen molar-refractivity contribution in [1.82, 2.24) is 9.88 Å². The van der Waals surface area contributed by atoms with E-state index in [0.29, 0.717) is 12.6 Å². The molecule has 1 unspecified atom stereocenters. The first kappa shape index (κ1) is 14.1. The molecule has 0 aliphatic carbocycles. The Labute approximate surface area is 105 Å². The van der Waals surface area contributed by atoms with Crippen molar-refractivity contribution in [2.24, 2.45) is 5.73 Å². The molecular weight excluding hydrogens is 210 g/mol. The number of rotatable bonds is 7. The molecule has 0 bridgehead atoms. The molecule has 3 nitrogen and oxygen atoms in total. The summed E-state index contributed by atoms with van der Waals surface area (Å²) in [5, 5.41) is 0. The molecule has 1 atom stereocenters. The molecule has 2 N–H and O–H groups in total. The normalized spacial score (nSPS) is 13.0. The van der Waals surface area contributed by atoms with Gasteiger partial charge in [-0.2, -0.15) is 0 Å². The van der Waals surface area contributed by atoms with Gasteiger partial charge in [0.15, 0.2) is 0 Å². The molecule has 96 valence electrons. The van der Waals surface area contributed by atoms with E-state index >= 15 is 0 Å². The number of aryl methyl sites for hydroxylation is 1. The molecule has 0 spiro atoms. The van der Waals surface area contributed by atoms with Gasteiger partial charge in [0, 0.05) is 24.5 Å². The molecule has 1 aromatic heterocycles. The number of unbranched alkanes of at least 4 members (excludes halogenated alkanes) is 1. The number of hydrogen-bond acceptors (Lipinski definition) is 3. The van der Waals surface area contributed by atoms with Crippen molar-refractivity contribution in [2.45, 2.75) is 39.7 Å². The van der Waals surface area contributed by atoms with Gasteiger partial charge in [0.05, 0.1) is 0 Å². The molecule has 17 heavy (non-hydrogen) atoms. The molecule has 0 aliphatic rings. The minimum Gasteiger partial charge on any atom is -0.329 e. The standard InChI is InChI=1S/C14H25N3/c1-4-6-9-17(5-2)14(10-15)13-8-7-12(3)16-11-13/h7-8,11,14H,4-6,9-10,15H2,1-3H3. The van der Waals surface area contributed by atoms with E-state index < -0.39 is 0 Å². The highest BCUT2D eigenvalue weighted by Crippen LogP contribution is 2.19. The predicted octanol–water partition coefficient (Wildman–Crippen LogP) is 2.51. The highest BCUT2D eigenvalue weighted by atomic mass is 15.2. The van der Waals surface area contributed by atoms with Crippen LogP contribution < -0.4 is 5.73 Å². The highest BCUT2D eigenvalue weighted by Gasteiger charge is 2.17. The summed E-state index contributed by atoms with van der Waals surface area (Å²) in [6.07, 6.45) is 4.41. The maximum Gasteiger partial charge on any atom is 0.0485 e. The van der Waals surface area contributed by atoms with Crippen molar-refractivity contribution in [2.75, 3.05) is 19.6 Å². The molecule has 0 aromatic carbocycles. The van der Waals surface area contributed by atoms with Crippen LogP contribution in [0.2, 0.25) is 0 Å². The van der Waals surface area contributed by atoms with E-state index in [1.54, 1.807) is 0 Å². The summed E-state index contributed by atoms with van der Waals surface area (Å²) in [6.45, 7) is 9.23. The lowest BCUT2D eigenvalue weighted by Gasteiger charge is -2.29. The Kier molecular flexibility index (Phi) is 6.16. The summed E-state index contributed by atoms with van der Waals surface area (Å²) in [5.74, 6) is 0. The van der Waals surface area contributed by atoms with Crippen molar-refractivity contribution < 1.29 is 0 Å². The highest BCUT2D eigenvalue weighted by molar-refractivity contribution is 5.17. The SMILES string of the molecule is CCCCN(CC)C(CN)c1ccc(C)nc1. The quantitative estimate of drug-likeness (QED) is 0.789. The second-order valence-corrected chi connectivity index (χ2v) is 4.47. The first-order valence-electron chi connectivity index (χ1n) is 6.59. The molecule has 1 aromatic rings. The van der Waals surface area contributed by atoms with Gasteiger partial charge in [-0.05, 0) is 38.1 Å². The summed E-state index contributed by atoms with van der Waals surface area (Å²) in [4.78, 5) is 6.80. The first-order valence-corrected chi connectivity index (χ1v) is 6.59. The topological polar surface area (TPSA) is 42.1 Å². The molecule has 1 heterocycles. The number of pyridine rings is 1. The number of hydrogen-bond donors (Lipinski definition) is 1. The lowest BCUT2D eigenvalue weighted by atomic mass is 10.1. The van der Waals surface area contributed by atoms with E-state index in [9.17, 15) is 0 Å². The molecule has 0 radical (unpaired) electrons. The maximum atomic E-state index is 5.92. The average molecular weight is 235 g/mol. The van der Waals surface area contributed by atoms with Gasteiger partial charge >= 0.3 is 0 Å². The van der Waals surface area contributed by atoms with E-state index in [4.69, 9.17) is 5.73 Å². The van der Waals surface area contributed by atoms with Gasteiger partial charge in [0.2, 0.25) is 0 Å². The molecule has 0 saturated heterocycles. The second-order valence-electron chi connectivity index (χ2n) is 4.47. The van der Waals surface area contributed by atoms with Crippen molar-refractivity contribution in [3.05, 3.63) is 29.6 Å². The molecule has 3 heteroatoms. The summed E-state index contributed by atoms with van der Waals surface area (Å²) in [6, 6.07) is 4.51. The van der Waals surface area contributed by atoms with Crippen LogP contribution in [0.3, 0.4) is 0 Å². The lowest BCUT2D eigenvalue weighted by molar-refractivity contribution is 0.209. The monoisotopic (exact) mass is 235 g/mol. The average Bonchev–Trinajstić information content (AvgIpc) is 2.36. The van der Waals surface area contributed by atoms with Gasteiger partial charge in [-0.3, -0.25) is 9.88 Å². The summed E-state index contributed by atoms with van der Waals surface area (Å²) >= 11 is 0. The molecule has 1 rings (SSSR count). The minimum absolute atomic E-state index is 0.305. The van der Waals surface area contributed by atoms with Gasteiger partial charge in [0.25, 0.3) is 0 Å². The van der Waals surface area contributed by atoms with Crippen LogP contribution in [0.5, 0.6) is 0 Å². The van der Waals surface area contributed by atoms with Gasteiger partial charge in [0.1, 0.15) is 0 Å². The Morgan fingerprint density at radius 2 is 2.12 bits per heavy atom. The van der Waals surface area contributed by atoms with Crippen LogP contribution in [-0.2, 0) is 0 Å². The third kappa shape index (κ3) is 4.10. The molecule has 0 fully saturated rings. The zero-order chi connectivity index (χ0) is 12.7.